The predicted molar refractivity (Wildman–Crippen MR) is 157 cm³/mol. The van der Waals surface area contributed by atoms with Crippen LogP contribution in [0.5, 0.6) is 11.6 Å². The molecule has 2 aromatic carbocycles. The van der Waals surface area contributed by atoms with Crippen LogP contribution in [0.25, 0.3) is 11.3 Å². The Labute approximate surface area is 247 Å². The van der Waals surface area contributed by atoms with Gasteiger partial charge in [-0.15, -0.1) is 0 Å². The Hall–Kier alpha value is -4.58. The van der Waals surface area contributed by atoms with E-state index in [9.17, 15) is 22.4 Å². The lowest BCUT2D eigenvalue weighted by molar-refractivity contribution is -0.137. The standard InChI is InChI=1S/C31H32F4N6O2/c1-5-28-36-13-11-25(38-28)24-8-6-12-37-30(24)43-23-17-20(16-22(32)19-23)29(42)39-26-18-21(31(33,34)35)9-10-27(26)41(4)15-7-14-40(2)3/h6,8-13,16-19H,5,7,14-15H2,1-4H3,(H,39,42). The molecular weight excluding hydrogens is 564 g/mol. The van der Waals surface area contributed by atoms with Crippen LogP contribution in [0.15, 0.2) is 67.0 Å². The summed E-state index contributed by atoms with van der Waals surface area (Å²) in [5, 5.41) is 2.54. The highest BCUT2D eigenvalue weighted by Crippen LogP contribution is 2.36. The molecule has 4 aromatic rings. The van der Waals surface area contributed by atoms with E-state index in [1.165, 1.54) is 18.3 Å². The molecule has 0 aliphatic rings. The minimum atomic E-state index is -4.62. The first-order valence-electron chi connectivity index (χ1n) is 13.6. The topological polar surface area (TPSA) is 83.5 Å². The molecule has 12 heteroatoms. The van der Waals surface area contributed by atoms with E-state index in [1.807, 2.05) is 25.9 Å². The van der Waals surface area contributed by atoms with E-state index in [1.54, 1.807) is 36.3 Å². The molecule has 2 heterocycles. The summed E-state index contributed by atoms with van der Waals surface area (Å²) in [5.74, 6) is -0.870. The Morgan fingerprint density at radius 2 is 1.77 bits per heavy atom. The van der Waals surface area contributed by atoms with Gasteiger partial charge in [-0.3, -0.25) is 4.79 Å². The zero-order valence-electron chi connectivity index (χ0n) is 24.2. The summed E-state index contributed by atoms with van der Waals surface area (Å²) >= 11 is 0. The lowest BCUT2D eigenvalue weighted by atomic mass is 10.1. The van der Waals surface area contributed by atoms with Crippen molar-refractivity contribution < 1.29 is 27.1 Å². The van der Waals surface area contributed by atoms with Crippen LogP contribution in [0, 0.1) is 5.82 Å². The van der Waals surface area contributed by atoms with Gasteiger partial charge >= 0.3 is 6.18 Å². The van der Waals surface area contributed by atoms with E-state index in [2.05, 4.69) is 20.3 Å². The fourth-order valence-corrected chi connectivity index (χ4v) is 4.34. The average Bonchev–Trinajstić information content (AvgIpc) is 2.96. The Morgan fingerprint density at radius 1 is 0.977 bits per heavy atom. The number of rotatable bonds is 11. The molecule has 0 unspecified atom stereocenters. The summed E-state index contributed by atoms with van der Waals surface area (Å²) in [4.78, 5) is 30.0. The van der Waals surface area contributed by atoms with Gasteiger partial charge in [0.1, 0.15) is 17.4 Å². The van der Waals surface area contributed by atoms with Gasteiger partial charge < -0.3 is 19.9 Å². The van der Waals surface area contributed by atoms with E-state index in [0.717, 1.165) is 37.2 Å². The Bertz CT molecular complexity index is 1580. The summed E-state index contributed by atoms with van der Waals surface area (Å²) in [5.41, 5.74) is 0.345. The monoisotopic (exact) mass is 596 g/mol. The van der Waals surface area contributed by atoms with E-state index >= 15 is 0 Å². The highest BCUT2D eigenvalue weighted by atomic mass is 19.4. The molecule has 0 aliphatic heterocycles. The third-order valence-corrected chi connectivity index (χ3v) is 6.50. The van der Waals surface area contributed by atoms with Crippen LogP contribution in [0.1, 0.15) is 35.1 Å². The number of aromatic nitrogens is 3. The average molecular weight is 597 g/mol. The second-order valence-electron chi connectivity index (χ2n) is 10.1. The van der Waals surface area contributed by atoms with Gasteiger partial charge in [0.25, 0.3) is 5.91 Å². The number of pyridine rings is 1. The first kappa shape index (κ1) is 31.4. The molecule has 8 nitrogen and oxygen atoms in total. The largest absolute Gasteiger partial charge is 0.438 e. The van der Waals surface area contributed by atoms with E-state index in [4.69, 9.17) is 4.74 Å². The maximum absolute atomic E-state index is 14.7. The van der Waals surface area contributed by atoms with Crippen LogP contribution in [0.3, 0.4) is 0 Å². The normalized spacial score (nSPS) is 11.5. The number of carbonyl (C=O) groups is 1. The van der Waals surface area contributed by atoms with Gasteiger partial charge in [-0.05, 0) is 75.6 Å². The van der Waals surface area contributed by atoms with Crippen molar-refractivity contribution in [3.05, 3.63) is 89.8 Å². The number of benzene rings is 2. The lowest BCUT2D eigenvalue weighted by Gasteiger charge is -2.24. The van der Waals surface area contributed by atoms with Gasteiger partial charge in [0.2, 0.25) is 5.88 Å². The summed E-state index contributed by atoms with van der Waals surface area (Å²) < 4.78 is 61.3. The molecule has 0 saturated carbocycles. The summed E-state index contributed by atoms with van der Waals surface area (Å²) in [6, 6.07) is 11.6. The fourth-order valence-electron chi connectivity index (χ4n) is 4.34. The number of halogens is 4. The number of nitrogens with one attached hydrogen (secondary N) is 1. The smallest absolute Gasteiger partial charge is 0.416 e. The number of hydrogen-bond donors (Lipinski definition) is 1. The molecule has 4 rings (SSSR count). The van der Waals surface area contributed by atoms with E-state index in [0.29, 0.717) is 35.7 Å². The first-order chi connectivity index (χ1) is 20.4. The second kappa shape index (κ2) is 13.6. The van der Waals surface area contributed by atoms with Gasteiger partial charge in [0, 0.05) is 44.0 Å². The summed E-state index contributed by atoms with van der Waals surface area (Å²) in [7, 11) is 5.58. The molecule has 0 spiro atoms. The zero-order valence-corrected chi connectivity index (χ0v) is 24.2. The van der Waals surface area contributed by atoms with Gasteiger partial charge in [0.15, 0.2) is 0 Å². The molecule has 43 heavy (non-hydrogen) atoms. The van der Waals surface area contributed by atoms with Crippen molar-refractivity contribution in [3.8, 4) is 22.9 Å². The van der Waals surface area contributed by atoms with Crippen LogP contribution < -0.4 is 15.0 Å². The summed E-state index contributed by atoms with van der Waals surface area (Å²) in [6.45, 7) is 3.22. The minimum absolute atomic E-state index is 0.0278. The molecule has 0 bridgehead atoms. The van der Waals surface area contributed by atoms with Crippen LogP contribution in [0.2, 0.25) is 0 Å². The van der Waals surface area contributed by atoms with E-state index < -0.39 is 23.5 Å². The second-order valence-corrected chi connectivity index (χ2v) is 10.1. The van der Waals surface area contributed by atoms with Crippen molar-refractivity contribution in [2.24, 2.45) is 0 Å². The molecule has 2 aromatic heterocycles. The number of carbonyl (C=O) groups excluding carboxylic acids is 1. The third kappa shape index (κ3) is 8.25. The number of ether oxygens (including phenoxy) is 1. The molecule has 0 saturated heterocycles. The molecule has 0 aliphatic carbocycles. The fraction of sp³-hybridized carbons (Fsp3) is 0.290. The molecule has 1 amide bonds. The molecule has 0 radical (unpaired) electrons. The van der Waals surface area contributed by atoms with Crippen molar-refractivity contribution in [1.82, 2.24) is 19.9 Å². The van der Waals surface area contributed by atoms with Gasteiger partial charge in [0.05, 0.1) is 28.2 Å². The number of alkyl halides is 3. The summed E-state index contributed by atoms with van der Waals surface area (Å²) in [6.07, 6.45) is -0.148. The quantitative estimate of drug-likeness (QED) is 0.193. The minimum Gasteiger partial charge on any atom is -0.438 e. The molecular formula is C31H32F4N6O2. The van der Waals surface area contributed by atoms with Crippen molar-refractivity contribution in [1.29, 1.82) is 0 Å². The van der Waals surface area contributed by atoms with Crippen molar-refractivity contribution in [3.63, 3.8) is 0 Å². The highest BCUT2D eigenvalue weighted by molar-refractivity contribution is 6.06. The van der Waals surface area contributed by atoms with Crippen LogP contribution >= 0.6 is 0 Å². The van der Waals surface area contributed by atoms with Crippen LogP contribution in [-0.2, 0) is 12.6 Å². The SMILES string of the molecule is CCc1nccc(-c2cccnc2Oc2cc(F)cc(C(=O)Nc3cc(C(F)(F)F)ccc3N(C)CCCN(C)C)c2)n1. The maximum Gasteiger partial charge on any atom is 0.416 e. The zero-order chi connectivity index (χ0) is 31.1. The van der Waals surface area contributed by atoms with E-state index in [-0.39, 0.29) is 22.9 Å². The molecule has 226 valence electrons. The van der Waals surface area contributed by atoms with Crippen molar-refractivity contribution in [2.75, 3.05) is 44.4 Å². The Morgan fingerprint density at radius 3 is 2.49 bits per heavy atom. The highest BCUT2D eigenvalue weighted by Gasteiger charge is 2.31. The number of aryl methyl sites for hydroxylation is 1. The van der Waals surface area contributed by atoms with Gasteiger partial charge in [-0.2, -0.15) is 13.2 Å². The van der Waals surface area contributed by atoms with Gasteiger partial charge in [-0.1, -0.05) is 6.92 Å². The van der Waals surface area contributed by atoms with Crippen molar-refractivity contribution in [2.45, 2.75) is 25.9 Å². The Balaban J connectivity index is 1.62. The van der Waals surface area contributed by atoms with Crippen LogP contribution in [-0.4, -0.2) is 60.0 Å². The number of amides is 1. The third-order valence-electron chi connectivity index (χ3n) is 6.50. The van der Waals surface area contributed by atoms with Gasteiger partial charge in [-0.25, -0.2) is 19.3 Å². The number of nitrogens with zero attached hydrogens (tertiary/aromatic N) is 5. The first-order valence-corrected chi connectivity index (χ1v) is 13.6. The van der Waals surface area contributed by atoms with Crippen molar-refractivity contribution >= 4 is 17.3 Å². The predicted octanol–water partition coefficient (Wildman–Crippen LogP) is 6.69. The molecule has 0 atom stereocenters. The molecule has 0 fully saturated rings. The number of hydrogen-bond acceptors (Lipinski definition) is 7. The lowest BCUT2D eigenvalue weighted by Crippen LogP contribution is -2.25. The number of anilines is 2. The molecule has 1 N–H and O–H groups in total. The Kier molecular flexibility index (Phi) is 9.92. The van der Waals surface area contributed by atoms with Crippen LogP contribution in [0.4, 0.5) is 28.9 Å². The maximum atomic E-state index is 14.7.